The van der Waals surface area contributed by atoms with Crippen LogP contribution in [0.3, 0.4) is 0 Å². The summed E-state index contributed by atoms with van der Waals surface area (Å²) in [4.78, 5) is 29.5. The Balaban J connectivity index is 2.05. The van der Waals surface area contributed by atoms with Gasteiger partial charge in [-0.1, -0.05) is 35.9 Å². The van der Waals surface area contributed by atoms with Crippen molar-refractivity contribution in [2.24, 2.45) is 0 Å². The van der Waals surface area contributed by atoms with Gasteiger partial charge in [0.25, 0.3) is 0 Å². The number of aryl methyl sites for hydroxylation is 1. The summed E-state index contributed by atoms with van der Waals surface area (Å²) < 4.78 is 31.8. The summed E-state index contributed by atoms with van der Waals surface area (Å²) in [6.45, 7) is 2.61. The Bertz CT molecular complexity index is 1140. The van der Waals surface area contributed by atoms with E-state index < -0.39 is 18.0 Å². The molecule has 2 aromatic carbocycles. The van der Waals surface area contributed by atoms with E-state index in [1.807, 2.05) is 31.2 Å². The lowest BCUT2D eigenvalue weighted by Crippen LogP contribution is -2.43. The van der Waals surface area contributed by atoms with Crippen LogP contribution in [0.5, 0.6) is 5.75 Å². The largest absolute Gasteiger partial charge is 0.435 e. The van der Waals surface area contributed by atoms with Crippen LogP contribution < -0.4 is 21.4 Å². The van der Waals surface area contributed by atoms with E-state index in [4.69, 9.17) is 0 Å². The van der Waals surface area contributed by atoms with E-state index in [2.05, 4.69) is 15.0 Å². The minimum absolute atomic E-state index is 0.0108. The van der Waals surface area contributed by atoms with E-state index in [1.54, 1.807) is 19.9 Å². The molecule has 1 N–H and O–H groups in total. The Morgan fingerprint density at radius 2 is 1.80 bits per heavy atom. The maximum Gasteiger partial charge on any atom is 0.387 e. The fraction of sp³-hybridized carbons (Fsp3) is 0.286. The van der Waals surface area contributed by atoms with Gasteiger partial charge >= 0.3 is 18.0 Å². The Hall–Kier alpha value is -3.49. The van der Waals surface area contributed by atoms with Crippen molar-refractivity contribution in [2.45, 2.75) is 40.0 Å². The first-order valence-electron chi connectivity index (χ1n) is 9.35. The number of nitrogens with zero attached hydrogens (tertiary/aromatic N) is 3. The number of rotatable bonds is 7. The monoisotopic (exact) mass is 416 g/mol. The van der Waals surface area contributed by atoms with Crippen LogP contribution in [0.25, 0.3) is 0 Å². The summed E-state index contributed by atoms with van der Waals surface area (Å²) in [5, 5.41) is 2.88. The van der Waals surface area contributed by atoms with Crippen LogP contribution in [0, 0.1) is 6.92 Å². The van der Waals surface area contributed by atoms with Gasteiger partial charge in [0.15, 0.2) is 0 Å². The van der Waals surface area contributed by atoms with E-state index in [9.17, 15) is 18.4 Å². The third-order valence-corrected chi connectivity index (χ3v) is 4.39. The van der Waals surface area contributed by atoms with E-state index in [1.165, 1.54) is 22.8 Å². The van der Waals surface area contributed by atoms with E-state index >= 15 is 0 Å². The van der Waals surface area contributed by atoms with Gasteiger partial charge in [0, 0.05) is 17.8 Å². The number of benzene rings is 2. The molecule has 0 aliphatic carbocycles. The third-order valence-electron chi connectivity index (χ3n) is 4.39. The molecule has 3 rings (SSSR count). The second-order valence-electron chi connectivity index (χ2n) is 7.07. The second-order valence-corrected chi connectivity index (χ2v) is 7.07. The minimum Gasteiger partial charge on any atom is -0.435 e. The molecule has 0 radical (unpaired) electrons. The van der Waals surface area contributed by atoms with Crippen LogP contribution in [0.1, 0.15) is 31.0 Å². The molecule has 0 aliphatic rings. The molecule has 3 aromatic rings. The molecule has 0 fully saturated rings. The number of halogens is 2. The summed E-state index contributed by atoms with van der Waals surface area (Å²) in [5.74, 6) is -0.0466. The lowest BCUT2D eigenvalue weighted by atomic mass is 10.1. The Morgan fingerprint density at radius 3 is 2.43 bits per heavy atom. The Labute approximate surface area is 171 Å². The molecule has 0 bridgehead atoms. The van der Waals surface area contributed by atoms with Gasteiger partial charge in [-0.05, 0) is 38.5 Å². The van der Waals surface area contributed by atoms with Crippen LogP contribution in [0.2, 0.25) is 0 Å². The van der Waals surface area contributed by atoms with Gasteiger partial charge in [0.1, 0.15) is 5.75 Å². The number of hydrogen-bond acceptors (Lipinski definition) is 5. The molecular weight excluding hydrogens is 394 g/mol. The van der Waals surface area contributed by atoms with Gasteiger partial charge in [0.05, 0.1) is 6.54 Å². The maximum absolute atomic E-state index is 13.0. The number of nitrogens with one attached hydrogen (secondary N) is 1. The summed E-state index contributed by atoms with van der Waals surface area (Å²) in [5.41, 5.74) is 1.05. The molecule has 9 heteroatoms. The SMILES string of the molecule is Cc1ccc(Cn2c(Nc3cccc(OC(F)F)c3)nc(=O)n(C(C)C)c2=O)cc1. The molecule has 1 aromatic heterocycles. The van der Waals surface area contributed by atoms with Gasteiger partial charge in [-0.3, -0.25) is 4.57 Å². The predicted molar refractivity (Wildman–Crippen MR) is 110 cm³/mol. The molecule has 0 amide bonds. The highest BCUT2D eigenvalue weighted by atomic mass is 19.3. The number of hydrogen-bond donors (Lipinski definition) is 1. The highest BCUT2D eigenvalue weighted by Crippen LogP contribution is 2.21. The first kappa shape index (κ1) is 21.2. The highest BCUT2D eigenvalue weighted by Gasteiger charge is 2.16. The van der Waals surface area contributed by atoms with Crippen molar-refractivity contribution in [1.82, 2.24) is 14.1 Å². The zero-order valence-corrected chi connectivity index (χ0v) is 16.8. The number of alkyl halides is 2. The molecule has 0 spiro atoms. The lowest BCUT2D eigenvalue weighted by Gasteiger charge is -2.17. The zero-order chi connectivity index (χ0) is 21.8. The van der Waals surface area contributed by atoms with Crippen molar-refractivity contribution < 1.29 is 13.5 Å². The number of aromatic nitrogens is 3. The summed E-state index contributed by atoms with van der Waals surface area (Å²) >= 11 is 0. The Kier molecular flexibility index (Phi) is 6.29. The first-order chi connectivity index (χ1) is 14.2. The van der Waals surface area contributed by atoms with Crippen molar-refractivity contribution in [3.05, 3.63) is 80.6 Å². The van der Waals surface area contributed by atoms with Gasteiger partial charge in [-0.15, -0.1) is 0 Å². The molecular formula is C21H22F2N4O3. The highest BCUT2D eigenvalue weighted by molar-refractivity contribution is 5.56. The second kappa shape index (κ2) is 8.89. The zero-order valence-electron chi connectivity index (χ0n) is 16.8. The number of anilines is 2. The quantitative estimate of drug-likeness (QED) is 0.636. The molecule has 0 aliphatic heterocycles. The van der Waals surface area contributed by atoms with Crippen molar-refractivity contribution >= 4 is 11.6 Å². The molecule has 0 unspecified atom stereocenters. The van der Waals surface area contributed by atoms with Crippen LogP contribution in [-0.2, 0) is 6.54 Å². The van der Waals surface area contributed by atoms with Crippen molar-refractivity contribution in [2.75, 3.05) is 5.32 Å². The smallest absolute Gasteiger partial charge is 0.387 e. The molecule has 0 saturated heterocycles. The standard InChI is InChI=1S/C21H22F2N4O3/c1-13(2)27-20(28)25-19(24-16-5-4-6-17(11-16)30-18(22)23)26(21(27)29)12-15-9-7-14(3)8-10-15/h4-11,13,18H,12H2,1-3H3,(H,24,25,28). The van der Waals surface area contributed by atoms with Gasteiger partial charge in [-0.25, -0.2) is 14.2 Å². The van der Waals surface area contributed by atoms with E-state index in [0.29, 0.717) is 5.69 Å². The average Bonchev–Trinajstić information content (AvgIpc) is 2.65. The maximum atomic E-state index is 13.0. The van der Waals surface area contributed by atoms with E-state index in [-0.39, 0.29) is 24.3 Å². The molecule has 158 valence electrons. The van der Waals surface area contributed by atoms with Gasteiger partial charge in [-0.2, -0.15) is 13.8 Å². The van der Waals surface area contributed by atoms with Crippen molar-refractivity contribution in [3.8, 4) is 5.75 Å². The fourth-order valence-electron chi connectivity index (χ4n) is 2.94. The first-order valence-corrected chi connectivity index (χ1v) is 9.35. The molecule has 7 nitrogen and oxygen atoms in total. The van der Waals surface area contributed by atoms with Crippen LogP contribution in [0.15, 0.2) is 58.1 Å². The average molecular weight is 416 g/mol. The summed E-state index contributed by atoms with van der Waals surface area (Å²) in [6.07, 6.45) is 0. The van der Waals surface area contributed by atoms with Gasteiger partial charge < -0.3 is 10.1 Å². The topological polar surface area (TPSA) is 78.2 Å². The molecule has 0 saturated carbocycles. The summed E-state index contributed by atoms with van der Waals surface area (Å²) in [6, 6.07) is 13.0. The van der Waals surface area contributed by atoms with E-state index in [0.717, 1.165) is 15.7 Å². The van der Waals surface area contributed by atoms with Crippen LogP contribution in [0.4, 0.5) is 20.4 Å². The van der Waals surface area contributed by atoms with Crippen molar-refractivity contribution in [1.29, 1.82) is 0 Å². The van der Waals surface area contributed by atoms with Gasteiger partial charge in [0.2, 0.25) is 5.95 Å². The molecule has 0 atom stereocenters. The molecule has 1 heterocycles. The predicted octanol–water partition coefficient (Wildman–Crippen LogP) is 3.69. The van der Waals surface area contributed by atoms with Crippen LogP contribution >= 0.6 is 0 Å². The normalized spacial score (nSPS) is 11.2. The number of ether oxygens (including phenoxy) is 1. The third kappa shape index (κ3) is 4.91. The van der Waals surface area contributed by atoms with Crippen LogP contribution in [-0.4, -0.2) is 20.7 Å². The lowest BCUT2D eigenvalue weighted by molar-refractivity contribution is -0.0498. The summed E-state index contributed by atoms with van der Waals surface area (Å²) in [7, 11) is 0. The molecule has 30 heavy (non-hydrogen) atoms. The fourth-order valence-corrected chi connectivity index (χ4v) is 2.94. The minimum atomic E-state index is -2.96. The van der Waals surface area contributed by atoms with Crippen molar-refractivity contribution in [3.63, 3.8) is 0 Å². The Morgan fingerprint density at radius 1 is 1.10 bits per heavy atom.